The molecule has 0 amide bonds. The fraction of sp³-hybridized carbons (Fsp3) is 1.00. The molecule has 0 aromatic carbocycles. The molecule has 1 aliphatic rings. The van der Waals surface area contributed by atoms with Crippen LogP contribution in [0.15, 0.2) is 0 Å². The van der Waals surface area contributed by atoms with Crippen molar-refractivity contribution in [3.63, 3.8) is 0 Å². The van der Waals surface area contributed by atoms with Gasteiger partial charge in [0.15, 0.2) is 0 Å². The van der Waals surface area contributed by atoms with Crippen LogP contribution in [-0.2, 0) is 0 Å². The zero-order valence-corrected chi connectivity index (χ0v) is 9.55. The predicted molar refractivity (Wildman–Crippen MR) is 58.9 cm³/mol. The number of likely N-dealkylation sites (tertiary alicyclic amines) is 1. The fourth-order valence-corrected chi connectivity index (χ4v) is 2.53. The van der Waals surface area contributed by atoms with Crippen LogP contribution >= 0.6 is 0 Å². The average Bonchev–Trinajstić information content (AvgIpc) is 2.04. The molecule has 1 heteroatoms. The van der Waals surface area contributed by atoms with Gasteiger partial charge in [0.25, 0.3) is 0 Å². The highest BCUT2D eigenvalue weighted by Gasteiger charge is 2.19. The van der Waals surface area contributed by atoms with Gasteiger partial charge in [-0.05, 0) is 50.6 Å². The van der Waals surface area contributed by atoms with Crippen LogP contribution in [0.4, 0.5) is 0 Å². The lowest BCUT2D eigenvalue weighted by Crippen LogP contribution is -2.36. The van der Waals surface area contributed by atoms with Crippen LogP contribution in [0.2, 0.25) is 0 Å². The highest BCUT2D eigenvalue weighted by molar-refractivity contribution is 4.73. The Balaban J connectivity index is 2.24. The Morgan fingerprint density at radius 3 is 2.77 bits per heavy atom. The highest BCUT2D eigenvalue weighted by atomic mass is 15.1. The molecule has 0 saturated carbocycles. The monoisotopic (exact) mass is 183 g/mol. The minimum Gasteiger partial charge on any atom is -0.303 e. The quantitative estimate of drug-likeness (QED) is 0.647. The van der Waals surface area contributed by atoms with Gasteiger partial charge in [-0.25, -0.2) is 0 Å². The Hall–Kier alpha value is -0.0400. The normalized spacial score (nSPS) is 25.4. The Morgan fingerprint density at radius 2 is 2.15 bits per heavy atom. The zero-order valence-electron chi connectivity index (χ0n) is 9.55. The van der Waals surface area contributed by atoms with Gasteiger partial charge in [-0.1, -0.05) is 20.8 Å². The van der Waals surface area contributed by atoms with Crippen molar-refractivity contribution < 1.29 is 0 Å². The third-order valence-electron chi connectivity index (χ3n) is 2.95. The molecule has 1 nitrogen and oxygen atoms in total. The van der Waals surface area contributed by atoms with Crippen molar-refractivity contribution in [3.8, 4) is 0 Å². The molecular weight excluding hydrogens is 158 g/mol. The molecule has 0 aliphatic carbocycles. The number of rotatable bonds is 4. The third-order valence-corrected chi connectivity index (χ3v) is 2.95. The molecule has 1 atom stereocenters. The van der Waals surface area contributed by atoms with Gasteiger partial charge < -0.3 is 4.90 Å². The molecule has 0 N–H and O–H groups in total. The van der Waals surface area contributed by atoms with Crippen LogP contribution in [-0.4, -0.2) is 24.5 Å². The second kappa shape index (κ2) is 5.64. The van der Waals surface area contributed by atoms with E-state index in [2.05, 4.69) is 25.7 Å². The summed E-state index contributed by atoms with van der Waals surface area (Å²) in [4.78, 5) is 2.65. The molecule has 0 bridgehead atoms. The van der Waals surface area contributed by atoms with E-state index in [1.165, 1.54) is 45.3 Å². The van der Waals surface area contributed by atoms with Crippen molar-refractivity contribution in [1.29, 1.82) is 0 Å². The highest BCUT2D eigenvalue weighted by Crippen LogP contribution is 2.22. The minimum absolute atomic E-state index is 0.881. The second-order valence-electron chi connectivity index (χ2n) is 4.94. The molecule has 13 heavy (non-hydrogen) atoms. The average molecular weight is 183 g/mol. The van der Waals surface area contributed by atoms with Gasteiger partial charge in [-0.15, -0.1) is 0 Å². The van der Waals surface area contributed by atoms with Gasteiger partial charge in [-0.3, -0.25) is 0 Å². The van der Waals surface area contributed by atoms with E-state index in [9.17, 15) is 0 Å². The number of nitrogens with zero attached hydrogens (tertiary/aromatic N) is 1. The van der Waals surface area contributed by atoms with Gasteiger partial charge >= 0.3 is 0 Å². The van der Waals surface area contributed by atoms with Gasteiger partial charge in [0.2, 0.25) is 0 Å². The van der Waals surface area contributed by atoms with Gasteiger partial charge in [0.1, 0.15) is 0 Å². The summed E-state index contributed by atoms with van der Waals surface area (Å²) in [5, 5.41) is 0. The maximum atomic E-state index is 2.65. The molecule has 0 radical (unpaired) electrons. The summed E-state index contributed by atoms with van der Waals surface area (Å²) in [5.74, 6) is 1.87. The molecule has 1 unspecified atom stereocenters. The molecule has 1 aliphatic heterocycles. The largest absolute Gasteiger partial charge is 0.303 e. The van der Waals surface area contributed by atoms with Crippen LogP contribution in [0.3, 0.4) is 0 Å². The third kappa shape index (κ3) is 4.12. The van der Waals surface area contributed by atoms with Crippen LogP contribution in [0.25, 0.3) is 0 Å². The summed E-state index contributed by atoms with van der Waals surface area (Å²) < 4.78 is 0. The Bertz CT molecular complexity index is 129. The summed E-state index contributed by atoms with van der Waals surface area (Å²) >= 11 is 0. The minimum atomic E-state index is 0.881. The van der Waals surface area contributed by atoms with E-state index in [1.807, 2.05) is 0 Å². The summed E-state index contributed by atoms with van der Waals surface area (Å²) in [6.45, 7) is 11.0. The van der Waals surface area contributed by atoms with Crippen molar-refractivity contribution in [2.24, 2.45) is 11.8 Å². The lowest BCUT2D eigenvalue weighted by atomic mass is 9.90. The first-order chi connectivity index (χ1) is 6.22. The zero-order chi connectivity index (χ0) is 9.68. The lowest BCUT2D eigenvalue weighted by molar-refractivity contribution is 0.160. The first kappa shape index (κ1) is 11.0. The molecule has 0 spiro atoms. The van der Waals surface area contributed by atoms with E-state index in [0.29, 0.717) is 0 Å². The topological polar surface area (TPSA) is 3.24 Å². The first-order valence-corrected chi connectivity index (χ1v) is 5.94. The maximum Gasteiger partial charge on any atom is 0.000976 e. The fourth-order valence-electron chi connectivity index (χ4n) is 2.53. The lowest BCUT2D eigenvalue weighted by Gasteiger charge is -2.33. The Kier molecular flexibility index (Phi) is 4.79. The summed E-state index contributed by atoms with van der Waals surface area (Å²) in [7, 11) is 0. The molecule has 78 valence electrons. The summed E-state index contributed by atoms with van der Waals surface area (Å²) in [6.07, 6.45) is 5.64. The maximum absolute atomic E-state index is 2.65. The van der Waals surface area contributed by atoms with Gasteiger partial charge in [-0.2, -0.15) is 0 Å². The van der Waals surface area contributed by atoms with Crippen molar-refractivity contribution >= 4 is 0 Å². The standard InChI is InChI=1S/C12H25N/c1-4-7-13-8-5-6-12(10-13)9-11(2)3/h11-12H,4-10H2,1-3H3. The number of hydrogen-bond donors (Lipinski definition) is 0. The van der Waals surface area contributed by atoms with E-state index in [1.54, 1.807) is 0 Å². The van der Waals surface area contributed by atoms with Crippen molar-refractivity contribution in [2.75, 3.05) is 19.6 Å². The molecular formula is C12H25N. The second-order valence-corrected chi connectivity index (χ2v) is 4.94. The number of hydrogen-bond acceptors (Lipinski definition) is 1. The van der Waals surface area contributed by atoms with Crippen LogP contribution in [0, 0.1) is 11.8 Å². The summed E-state index contributed by atoms with van der Waals surface area (Å²) in [6, 6.07) is 0. The molecule has 1 heterocycles. The number of piperidine rings is 1. The van der Waals surface area contributed by atoms with Gasteiger partial charge in [0.05, 0.1) is 0 Å². The van der Waals surface area contributed by atoms with E-state index in [4.69, 9.17) is 0 Å². The van der Waals surface area contributed by atoms with Crippen LogP contribution in [0.1, 0.15) is 46.5 Å². The van der Waals surface area contributed by atoms with Crippen molar-refractivity contribution in [2.45, 2.75) is 46.5 Å². The summed E-state index contributed by atoms with van der Waals surface area (Å²) in [5.41, 5.74) is 0. The van der Waals surface area contributed by atoms with Crippen molar-refractivity contribution in [3.05, 3.63) is 0 Å². The van der Waals surface area contributed by atoms with E-state index in [0.717, 1.165) is 11.8 Å². The van der Waals surface area contributed by atoms with E-state index >= 15 is 0 Å². The molecule has 0 aromatic heterocycles. The first-order valence-electron chi connectivity index (χ1n) is 5.94. The Morgan fingerprint density at radius 1 is 1.38 bits per heavy atom. The van der Waals surface area contributed by atoms with Crippen LogP contribution < -0.4 is 0 Å². The van der Waals surface area contributed by atoms with Crippen molar-refractivity contribution in [1.82, 2.24) is 4.90 Å². The molecule has 0 aromatic rings. The van der Waals surface area contributed by atoms with E-state index in [-0.39, 0.29) is 0 Å². The predicted octanol–water partition coefficient (Wildman–Crippen LogP) is 3.15. The van der Waals surface area contributed by atoms with E-state index < -0.39 is 0 Å². The molecule has 1 fully saturated rings. The Labute approximate surface area is 83.5 Å². The molecule has 1 saturated heterocycles. The van der Waals surface area contributed by atoms with Gasteiger partial charge in [0, 0.05) is 6.54 Å². The smallest absolute Gasteiger partial charge is 0.000976 e. The molecule has 1 rings (SSSR count). The van der Waals surface area contributed by atoms with Crippen LogP contribution in [0.5, 0.6) is 0 Å². The SMILES string of the molecule is CCCN1CCCC(CC(C)C)C1.